The molecule has 0 aliphatic carbocycles. The summed E-state index contributed by atoms with van der Waals surface area (Å²) >= 11 is 0. The summed E-state index contributed by atoms with van der Waals surface area (Å²) in [6.07, 6.45) is 2.84. The number of rotatable bonds is 4. The minimum absolute atomic E-state index is 0.878. The summed E-state index contributed by atoms with van der Waals surface area (Å²) in [4.78, 5) is 8.15. The zero-order valence-electron chi connectivity index (χ0n) is 12.9. The highest BCUT2D eigenvalue weighted by molar-refractivity contribution is 4.99. The van der Waals surface area contributed by atoms with Gasteiger partial charge in [0, 0.05) is 57.9 Å². The Kier molecular flexibility index (Phi) is 3.75. The third-order valence-electron chi connectivity index (χ3n) is 6.06. The second kappa shape index (κ2) is 5.56. The molecule has 4 rings (SSSR count). The zero-order valence-corrected chi connectivity index (χ0v) is 12.9. The average Bonchev–Trinajstić information content (AvgIpc) is 2.28. The molecular weight excluding hydrogens is 248 g/mol. The van der Waals surface area contributed by atoms with Gasteiger partial charge in [-0.05, 0) is 37.8 Å². The molecule has 0 atom stereocenters. The van der Waals surface area contributed by atoms with Gasteiger partial charge in [-0.3, -0.25) is 14.7 Å². The number of nitrogens with one attached hydrogen (secondary N) is 1. The van der Waals surface area contributed by atoms with Crippen LogP contribution in [0.5, 0.6) is 0 Å². The Morgan fingerprint density at radius 3 is 2.15 bits per heavy atom. The Balaban J connectivity index is 1.14. The summed E-state index contributed by atoms with van der Waals surface area (Å²) in [6.45, 7) is 14.3. The summed E-state index contributed by atoms with van der Waals surface area (Å²) in [7, 11) is 0. The van der Waals surface area contributed by atoms with Crippen molar-refractivity contribution in [2.24, 2.45) is 11.8 Å². The second-order valence-electron chi connectivity index (χ2n) is 7.72. The monoisotopic (exact) mass is 278 g/mol. The van der Waals surface area contributed by atoms with Crippen LogP contribution in [0.3, 0.4) is 0 Å². The van der Waals surface area contributed by atoms with Crippen LogP contribution < -0.4 is 5.32 Å². The van der Waals surface area contributed by atoms with E-state index in [2.05, 4.69) is 26.9 Å². The van der Waals surface area contributed by atoms with Gasteiger partial charge in [0.25, 0.3) is 0 Å². The van der Waals surface area contributed by atoms with Crippen LogP contribution in [0.15, 0.2) is 0 Å². The van der Waals surface area contributed by atoms with E-state index in [0.29, 0.717) is 0 Å². The Bertz CT molecular complexity index is 323. The molecule has 114 valence electrons. The number of nitrogens with zero attached hydrogens (tertiary/aromatic N) is 3. The van der Waals surface area contributed by atoms with Crippen LogP contribution in [0.25, 0.3) is 0 Å². The summed E-state index contributed by atoms with van der Waals surface area (Å²) < 4.78 is 0. The van der Waals surface area contributed by atoms with Crippen LogP contribution in [0.1, 0.15) is 19.8 Å². The highest BCUT2D eigenvalue weighted by atomic mass is 15.4. The smallest absolute Gasteiger partial charge is 0.0351 e. The third kappa shape index (κ3) is 2.63. The molecule has 0 amide bonds. The molecule has 0 aromatic carbocycles. The van der Waals surface area contributed by atoms with Gasteiger partial charge in [0.05, 0.1) is 0 Å². The molecule has 4 saturated heterocycles. The Hall–Kier alpha value is -0.160. The van der Waals surface area contributed by atoms with Crippen molar-refractivity contribution < 1.29 is 0 Å². The van der Waals surface area contributed by atoms with Crippen LogP contribution in [-0.2, 0) is 0 Å². The van der Waals surface area contributed by atoms with E-state index < -0.39 is 0 Å². The van der Waals surface area contributed by atoms with E-state index in [1.807, 2.05) is 0 Å². The molecule has 1 N–H and O–H groups in total. The molecule has 0 aromatic heterocycles. The molecule has 0 bridgehead atoms. The lowest BCUT2D eigenvalue weighted by molar-refractivity contribution is -0.0614. The van der Waals surface area contributed by atoms with E-state index in [0.717, 1.165) is 23.9 Å². The summed E-state index contributed by atoms with van der Waals surface area (Å²) in [5.41, 5.74) is 0. The van der Waals surface area contributed by atoms with Crippen LogP contribution in [0.2, 0.25) is 0 Å². The van der Waals surface area contributed by atoms with Crippen LogP contribution in [0, 0.1) is 11.8 Å². The van der Waals surface area contributed by atoms with Crippen molar-refractivity contribution in [1.82, 2.24) is 20.0 Å². The van der Waals surface area contributed by atoms with E-state index in [1.54, 1.807) is 0 Å². The first-order valence-corrected chi connectivity index (χ1v) is 8.69. The molecular formula is C16H30N4. The molecule has 4 aliphatic heterocycles. The van der Waals surface area contributed by atoms with Crippen molar-refractivity contribution in [1.29, 1.82) is 0 Å². The molecule has 4 nitrogen and oxygen atoms in total. The van der Waals surface area contributed by atoms with Crippen molar-refractivity contribution >= 4 is 0 Å². The van der Waals surface area contributed by atoms with E-state index in [1.165, 1.54) is 71.7 Å². The molecule has 4 heterocycles. The molecule has 4 aliphatic rings. The minimum Gasteiger partial charge on any atom is -0.316 e. The predicted molar refractivity (Wildman–Crippen MR) is 81.9 cm³/mol. The van der Waals surface area contributed by atoms with Gasteiger partial charge in [0.2, 0.25) is 0 Å². The van der Waals surface area contributed by atoms with Crippen molar-refractivity contribution in [3.63, 3.8) is 0 Å². The van der Waals surface area contributed by atoms with Gasteiger partial charge < -0.3 is 5.32 Å². The first-order valence-electron chi connectivity index (χ1n) is 8.69. The standard InChI is InChI=1S/C16H30N4/c1-13-2-4-19(5-3-13)16-11-20(12-16)15-9-18(10-15)8-14-6-17-7-14/h13-17H,2-12H2,1H3. The van der Waals surface area contributed by atoms with Crippen molar-refractivity contribution in [2.45, 2.75) is 31.8 Å². The fourth-order valence-corrected chi connectivity index (χ4v) is 4.18. The average molecular weight is 278 g/mol. The highest BCUT2D eigenvalue weighted by Crippen LogP contribution is 2.27. The van der Waals surface area contributed by atoms with Crippen LogP contribution >= 0.6 is 0 Å². The highest BCUT2D eigenvalue weighted by Gasteiger charge is 2.41. The summed E-state index contributed by atoms with van der Waals surface area (Å²) in [5.74, 6) is 1.90. The maximum absolute atomic E-state index is 3.37. The van der Waals surface area contributed by atoms with E-state index in [-0.39, 0.29) is 0 Å². The van der Waals surface area contributed by atoms with E-state index in [9.17, 15) is 0 Å². The Morgan fingerprint density at radius 1 is 0.900 bits per heavy atom. The maximum atomic E-state index is 3.37. The lowest BCUT2D eigenvalue weighted by Gasteiger charge is -2.55. The maximum Gasteiger partial charge on any atom is 0.0351 e. The fourth-order valence-electron chi connectivity index (χ4n) is 4.18. The van der Waals surface area contributed by atoms with Gasteiger partial charge in [0.15, 0.2) is 0 Å². The SMILES string of the molecule is CC1CCN(C2CN(C3CN(CC4CNC4)C3)C2)CC1. The number of piperidine rings is 1. The summed E-state index contributed by atoms with van der Waals surface area (Å²) in [5, 5.41) is 3.37. The van der Waals surface area contributed by atoms with Gasteiger partial charge in [-0.1, -0.05) is 6.92 Å². The molecule has 0 aromatic rings. The first kappa shape index (κ1) is 13.5. The molecule has 4 heteroatoms. The molecule has 0 unspecified atom stereocenters. The van der Waals surface area contributed by atoms with Crippen LogP contribution in [0.4, 0.5) is 0 Å². The van der Waals surface area contributed by atoms with E-state index in [4.69, 9.17) is 0 Å². The van der Waals surface area contributed by atoms with Gasteiger partial charge >= 0.3 is 0 Å². The Morgan fingerprint density at radius 2 is 1.55 bits per heavy atom. The number of hydrogen-bond acceptors (Lipinski definition) is 4. The molecule has 0 saturated carbocycles. The number of likely N-dealkylation sites (tertiary alicyclic amines) is 3. The third-order valence-corrected chi connectivity index (χ3v) is 6.06. The van der Waals surface area contributed by atoms with Crippen molar-refractivity contribution in [3.05, 3.63) is 0 Å². The van der Waals surface area contributed by atoms with Gasteiger partial charge in [-0.25, -0.2) is 0 Å². The minimum atomic E-state index is 0.878. The Labute approximate surface area is 123 Å². The van der Waals surface area contributed by atoms with Crippen LogP contribution in [-0.4, -0.2) is 85.7 Å². The summed E-state index contributed by atoms with van der Waals surface area (Å²) in [6, 6.07) is 1.76. The lowest BCUT2D eigenvalue weighted by Crippen LogP contribution is -2.70. The van der Waals surface area contributed by atoms with Gasteiger partial charge in [-0.15, -0.1) is 0 Å². The van der Waals surface area contributed by atoms with Gasteiger partial charge in [0.1, 0.15) is 0 Å². The zero-order chi connectivity index (χ0) is 13.5. The second-order valence-corrected chi connectivity index (χ2v) is 7.72. The van der Waals surface area contributed by atoms with E-state index >= 15 is 0 Å². The first-order chi connectivity index (χ1) is 9.78. The predicted octanol–water partition coefficient (Wildman–Crippen LogP) is 0.306. The fraction of sp³-hybridized carbons (Fsp3) is 1.00. The lowest BCUT2D eigenvalue weighted by atomic mass is 9.93. The van der Waals surface area contributed by atoms with Gasteiger partial charge in [-0.2, -0.15) is 0 Å². The molecule has 0 spiro atoms. The molecule has 0 radical (unpaired) electrons. The van der Waals surface area contributed by atoms with Crippen molar-refractivity contribution in [2.75, 3.05) is 58.9 Å². The normalized spacial score (nSPS) is 32.9. The number of hydrogen-bond donors (Lipinski definition) is 1. The molecule has 4 fully saturated rings. The molecule has 20 heavy (non-hydrogen) atoms. The largest absolute Gasteiger partial charge is 0.316 e. The quantitative estimate of drug-likeness (QED) is 0.799. The topological polar surface area (TPSA) is 21.8 Å². The van der Waals surface area contributed by atoms with Crippen molar-refractivity contribution in [3.8, 4) is 0 Å².